The smallest absolute Gasteiger partial charge is 0.258 e. The van der Waals surface area contributed by atoms with Gasteiger partial charge in [-0.1, -0.05) is 17.7 Å². The standard InChI is InChI=1S/C18H17ClN4O2S/c19-15-5-4-12(7-20-15)17(25)21-18(26)22-8-11-6-13(10-22)14-2-1-3-16(24)23(14)9-11/h1-5,7,11,13H,6,8-10H2,(H,21,25,26)/t11-,13-/m1/s1. The van der Waals surface area contributed by atoms with Gasteiger partial charge in [0.05, 0.1) is 5.56 Å². The average Bonchev–Trinajstić information content (AvgIpc) is 2.63. The van der Waals surface area contributed by atoms with E-state index >= 15 is 0 Å². The van der Waals surface area contributed by atoms with E-state index in [0.29, 0.717) is 34.8 Å². The van der Waals surface area contributed by atoms with Crippen molar-refractivity contribution in [2.24, 2.45) is 5.92 Å². The lowest BCUT2D eigenvalue weighted by molar-refractivity contribution is 0.0967. The maximum Gasteiger partial charge on any atom is 0.258 e. The fourth-order valence-electron chi connectivity index (χ4n) is 3.82. The fourth-order valence-corrected chi connectivity index (χ4v) is 4.17. The van der Waals surface area contributed by atoms with Crippen LogP contribution in [0.2, 0.25) is 5.15 Å². The second-order valence-electron chi connectivity index (χ2n) is 6.73. The fraction of sp³-hybridized carbons (Fsp3) is 0.333. The van der Waals surface area contributed by atoms with E-state index in [2.05, 4.69) is 10.3 Å². The number of carbonyl (C=O) groups excluding carboxylic acids is 1. The lowest BCUT2D eigenvalue weighted by atomic mass is 9.83. The van der Waals surface area contributed by atoms with Gasteiger partial charge in [-0.3, -0.25) is 14.9 Å². The van der Waals surface area contributed by atoms with Gasteiger partial charge < -0.3 is 9.47 Å². The Morgan fingerprint density at radius 3 is 2.85 bits per heavy atom. The van der Waals surface area contributed by atoms with Crippen LogP contribution >= 0.6 is 23.8 Å². The van der Waals surface area contributed by atoms with E-state index in [-0.39, 0.29) is 17.4 Å². The molecule has 2 aromatic heterocycles. The summed E-state index contributed by atoms with van der Waals surface area (Å²) in [6.45, 7) is 2.12. The molecule has 2 aliphatic rings. The average molecular weight is 389 g/mol. The molecule has 2 bridgehead atoms. The van der Waals surface area contributed by atoms with Crippen LogP contribution in [-0.4, -0.2) is 38.6 Å². The van der Waals surface area contributed by atoms with Gasteiger partial charge in [0.1, 0.15) is 5.15 Å². The largest absolute Gasteiger partial charge is 0.348 e. The first kappa shape index (κ1) is 17.2. The predicted octanol–water partition coefficient (Wildman–Crippen LogP) is 2.03. The van der Waals surface area contributed by atoms with Crippen LogP contribution in [0.15, 0.2) is 41.3 Å². The Morgan fingerprint density at radius 1 is 1.23 bits per heavy atom. The summed E-state index contributed by atoms with van der Waals surface area (Å²) in [4.78, 5) is 30.4. The monoisotopic (exact) mass is 388 g/mol. The van der Waals surface area contributed by atoms with Crippen LogP contribution in [0.4, 0.5) is 0 Å². The lowest BCUT2D eigenvalue weighted by Gasteiger charge is -2.43. The van der Waals surface area contributed by atoms with E-state index in [1.165, 1.54) is 6.20 Å². The highest BCUT2D eigenvalue weighted by Gasteiger charge is 2.35. The Bertz CT molecular complexity index is 928. The molecule has 0 aromatic carbocycles. The van der Waals surface area contributed by atoms with Crippen LogP contribution in [0.25, 0.3) is 0 Å². The Balaban J connectivity index is 1.48. The number of thiocarbonyl (C=S) groups is 1. The molecule has 0 unspecified atom stereocenters. The number of likely N-dealkylation sites (tertiary alicyclic amines) is 1. The SMILES string of the molecule is O=C(NC(=S)N1C[C@H]2C[C@H](C1)c1cccc(=O)n1C2)c1ccc(Cl)nc1. The number of nitrogens with one attached hydrogen (secondary N) is 1. The highest BCUT2D eigenvalue weighted by atomic mass is 35.5. The maximum atomic E-state index is 12.3. The number of piperidine rings is 1. The summed E-state index contributed by atoms with van der Waals surface area (Å²) in [6, 6.07) is 8.60. The van der Waals surface area contributed by atoms with Crippen LogP contribution in [-0.2, 0) is 6.54 Å². The minimum absolute atomic E-state index is 0.0526. The number of fused-ring (bicyclic) bond motifs is 4. The summed E-state index contributed by atoms with van der Waals surface area (Å²) < 4.78 is 1.87. The van der Waals surface area contributed by atoms with Gasteiger partial charge in [-0.25, -0.2) is 4.98 Å². The second kappa shape index (κ2) is 6.81. The molecule has 6 nitrogen and oxygen atoms in total. The molecule has 2 atom stereocenters. The molecular weight excluding hydrogens is 372 g/mol. The van der Waals surface area contributed by atoms with Crippen LogP contribution in [0, 0.1) is 5.92 Å². The first-order chi connectivity index (χ1) is 12.5. The summed E-state index contributed by atoms with van der Waals surface area (Å²) in [5, 5.41) is 3.52. The van der Waals surface area contributed by atoms with Crippen molar-refractivity contribution in [3.8, 4) is 0 Å². The molecule has 2 aliphatic heterocycles. The maximum absolute atomic E-state index is 12.3. The molecule has 4 heterocycles. The van der Waals surface area contributed by atoms with Crippen LogP contribution in [0.5, 0.6) is 0 Å². The first-order valence-corrected chi connectivity index (χ1v) is 9.21. The number of hydrogen-bond donors (Lipinski definition) is 1. The third-order valence-corrected chi connectivity index (χ3v) is 5.56. The predicted molar refractivity (Wildman–Crippen MR) is 102 cm³/mol. The van der Waals surface area contributed by atoms with E-state index < -0.39 is 0 Å². The summed E-state index contributed by atoms with van der Waals surface area (Å²) in [5.74, 6) is 0.281. The number of rotatable bonds is 1. The number of carbonyl (C=O) groups is 1. The summed E-state index contributed by atoms with van der Waals surface area (Å²) >= 11 is 11.2. The van der Waals surface area contributed by atoms with Crippen molar-refractivity contribution < 1.29 is 4.79 Å². The van der Waals surface area contributed by atoms with Crippen molar-refractivity contribution in [1.29, 1.82) is 0 Å². The quantitative estimate of drug-likeness (QED) is 0.598. The van der Waals surface area contributed by atoms with Crippen molar-refractivity contribution in [2.45, 2.75) is 18.9 Å². The number of pyridine rings is 2. The third-order valence-electron chi connectivity index (χ3n) is 4.98. The number of aromatic nitrogens is 2. The molecule has 1 saturated heterocycles. The molecule has 0 aliphatic carbocycles. The molecule has 1 N–H and O–H groups in total. The van der Waals surface area contributed by atoms with Gasteiger partial charge in [0.25, 0.3) is 11.5 Å². The van der Waals surface area contributed by atoms with E-state index in [4.69, 9.17) is 23.8 Å². The normalized spacial score (nSPS) is 21.0. The summed E-state index contributed by atoms with van der Waals surface area (Å²) in [7, 11) is 0. The van der Waals surface area contributed by atoms with Crippen LogP contribution < -0.4 is 10.9 Å². The minimum Gasteiger partial charge on any atom is -0.348 e. The van der Waals surface area contributed by atoms with Gasteiger partial charge in [-0.2, -0.15) is 0 Å². The highest BCUT2D eigenvalue weighted by Crippen LogP contribution is 2.34. The van der Waals surface area contributed by atoms with Gasteiger partial charge in [-0.15, -0.1) is 0 Å². The molecule has 4 rings (SSSR count). The van der Waals surface area contributed by atoms with Gasteiger partial charge in [0.2, 0.25) is 0 Å². The molecule has 26 heavy (non-hydrogen) atoms. The van der Waals surface area contributed by atoms with Crippen molar-refractivity contribution in [3.05, 3.63) is 63.3 Å². The van der Waals surface area contributed by atoms with Crippen molar-refractivity contribution in [3.63, 3.8) is 0 Å². The second-order valence-corrected chi connectivity index (χ2v) is 7.51. The van der Waals surface area contributed by atoms with Gasteiger partial charge >= 0.3 is 0 Å². The van der Waals surface area contributed by atoms with E-state index in [0.717, 1.165) is 18.7 Å². The zero-order valence-corrected chi connectivity index (χ0v) is 15.5. The van der Waals surface area contributed by atoms with Crippen LogP contribution in [0.1, 0.15) is 28.4 Å². The number of halogens is 1. The van der Waals surface area contributed by atoms with Crippen molar-refractivity contribution in [2.75, 3.05) is 13.1 Å². The zero-order chi connectivity index (χ0) is 18.3. The molecule has 1 fully saturated rings. The first-order valence-electron chi connectivity index (χ1n) is 8.43. The Hall–Kier alpha value is -2.25. The molecule has 0 saturated carbocycles. The highest BCUT2D eigenvalue weighted by molar-refractivity contribution is 7.80. The van der Waals surface area contributed by atoms with Crippen LogP contribution in [0.3, 0.4) is 0 Å². The Kier molecular flexibility index (Phi) is 4.50. The lowest BCUT2D eigenvalue weighted by Crippen LogP contribution is -2.52. The topological polar surface area (TPSA) is 67.2 Å². The number of hydrogen-bond acceptors (Lipinski definition) is 4. The third kappa shape index (κ3) is 3.24. The van der Waals surface area contributed by atoms with Gasteiger partial charge in [0.15, 0.2) is 5.11 Å². The van der Waals surface area contributed by atoms with Gasteiger partial charge in [-0.05, 0) is 42.8 Å². The van der Waals surface area contributed by atoms with E-state index in [1.54, 1.807) is 24.3 Å². The van der Waals surface area contributed by atoms with Crippen molar-refractivity contribution in [1.82, 2.24) is 19.8 Å². The molecular formula is C18H17ClN4O2S. The molecule has 1 amide bonds. The zero-order valence-electron chi connectivity index (χ0n) is 13.9. The molecule has 8 heteroatoms. The Labute approximate surface area is 160 Å². The van der Waals surface area contributed by atoms with Crippen molar-refractivity contribution >= 4 is 34.8 Å². The summed E-state index contributed by atoms with van der Waals surface area (Å²) in [6.07, 6.45) is 2.46. The molecule has 0 spiro atoms. The Morgan fingerprint density at radius 2 is 2.08 bits per heavy atom. The van der Waals surface area contributed by atoms with E-state index in [9.17, 15) is 9.59 Å². The minimum atomic E-state index is -0.300. The number of nitrogens with zero attached hydrogens (tertiary/aromatic N) is 3. The molecule has 134 valence electrons. The van der Waals surface area contributed by atoms with Gasteiger partial charge in [0, 0.05) is 43.5 Å². The molecule has 2 aromatic rings. The summed E-state index contributed by atoms with van der Waals surface area (Å²) in [5.41, 5.74) is 1.51. The number of amides is 1. The van der Waals surface area contributed by atoms with E-state index in [1.807, 2.05) is 15.5 Å². The molecule has 0 radical (unpaired) electrons.